The van der Waals surface area contributed by atoms with Crippen molar-refractivity contribution >= 4 is 39.4 Å². The Labute approximate surface area is 455 Å². The van der Waals surface area contributed by atoms with Crippen molar-refractivity contribution in [2.24, 2.45) is 5.92 Å². The first-order valence-corrected chi connectivity index (χ1v) is 26.9. The summed E-state index contributed by atoms with van der Waals surface area (Å²) in [5.74, 6) is -0.160. The van der Waals surface area contributed by atoms with Gasteiger partial charge in [-0.05, 0) is 98.0 Å². The molecule has 21 nitrogen and oxygen atoms in total. The van der Waals surface area contributed by atoms with Crippen LogP contribution in [0.15, 0.2) is 85.7 Å². The lowest BCUT2D eigenvalue weighted by atomic mass is 9.88. The summed E-state index contributed by atoms with van der Waals surface area (Å²) in [4.78, 5) is 46.2. The molecule has 2 aliphatic heterocycles. The summed E-state index contributed by atoms with van der Waals surface area (Å²) in [6, 6.07) is 16.2. The number of halogens is 1. The summed E-state index contributed by atoms with van der Waals surface area (Å²) in [7, 11) is 3.68. The molecule has 6 heterocycles. The third kappa shape index (κ3) is 10.7. The highest BCUT2D eigenvalue weighted by Crippen LogP contribution is 2.53. The van der Waals surface area contributed by atoms with E-state index in [0.717, 1.165) is 71.1 Å². The van der Waals surface area contributed by atoms with E-state index in [1.165, 1.54) is 22.0 Å². The molecule has 5 N–H and O–H groups in total. The Morgan fingerprint density at radius 3 is 2.49 bits per heavy atom. The fourth-order valence-corrected chi connectivity index (χ4v) is 10.9. The molecule has 0 bridgehead atoms. The van der Waals surface area contributed by atoms with Crippen LogP contribution in [0.4, 0.5) is 10.2 Å². The molecule has 22 heteroatoms. The van der Waals surface area contributed by atoms with E-state index in [-0.39, 0.29) is 68.6 Å². The van der Waals surface area contributed by atoms with Gasteiger partial charge in [-0.2, -0.15) is 20.2 Å². The molecule has 1 saturated carbocycles. The number of fused-ring (bicyclic) bond motifs is 2. The van der Waals surface area contributed by atoms with E-state index < -0.39 is 36.0 Å². The Morgan fingerprint density at radius 1 is 1.00 bits per heavy atom. The maximum atomic E-state index is 16.1. The molecule has 11 rings (SSSR count). The molecule has 2 saturated heterocycles. The fourth-order valence-electron chi connectivity index (χ4n) is 10.9. The van der Waals surface area contributed by atoms with Crippen molar-refractivity contribution in [1.82, 2.24) is 65.5 Å². The molecular weight excluding hydrogens is 1010 g/mol. The monoisotopic (exact) mass is 1080 g/mol. The summed E-state index contributed by atoms with van der Waals surface area (Å²) in [6.07, 6.45) is 8.16. The largest absolute Gasteiger partial charge is 0.486 e. The van der Waals surface area contributed by atoms with Crippen LogP contribution in [0.25, 0.3) is 49.9 Å². The summed E-state index contributed by atoms with van der Waals surface area (Å²) >= 11 is 0. The SMILES string of the molecule is CO[C@@H](C)COc1nc(N(C)[C@H]2CCNC2)c2cc(C3CC3)c(-c3c(C)c(F)cc4[nH]ncc34)c(OCc3ccc(-c4cn([C@H](C(=O)N5C[C@H](O)C[C@H]5C(=O)N[C@@H](CO)c5ccc(-n6cncn6)cc5)C(C)C)nn4)cc3)c2n1. The van der Waals surface area contributed by atoms with Gasteiger partial charge >= 0.3 is 6.01 Å². The minimum absolute atomic E-state index is 0.0285. The number of likely N-dealkylation sites (N-methyl/N-ethyl adjacent to an activating group) is 1. The van der Waals surface area contributed by atoms with Crippen LogP contribution >= 0.6 is 0 Å². The van der Waals surface area contributed by atoms with Crippen LogP contribution in [0.1, 0.15) is 86.7 Å². The van der Waals surface area contributed by atoms with Crippen LogP contribution in [-0.4, -0.2) is 148 Å². The van der Waals surface area contributed by atoms with E-state index in [4.69, 9.17) is 24.2 Å². The topological polar surface area (TPSA) is 249 Å². The lowest BCUT2D eigenvalue weighted by molar-refractivity contribution is -0.142. The highest BCUT2D eigenvalue weighted by Gasteiger charge is 2.43. The number of hydrogen-bond acceptors (Lipinski definition) is 16. The standard InChI is InChI=1S/C57H65FN14O7/c1-31(2)52(56(76)70-24-40(74)19-48(70)55(75)63-47(26-73)37-13-15-38(16-14-37)72-30-60-29-62-72)71-25-46(67-68-71)36-9-7-34(8-10-36)28-78-53-50(49-33(4)44(58)21-45-43(49)23-61-66-45)41(35-11-12-35)20-42-51(53)64-57(79-27-32(3)77-6)65-54(42)69(5)39-17-18-59-22-39/h7-10,13-16,20-21,23,25,29-32,35,39-40,47-48,52,59,73-74H,11-12,17-19,22,24,26-28H2,1-6H3,(H,61,66)(H,63,75)/t32-,39-,40+,47-,48-,52-/m0/s1. The molecule has 1 aliphatic carbocycles. The maximum Gasteiger partial charge on any atom is 0.319 e. The number of likely N-dealkylation sites (tertiary alicyclic amines) is 1. The predicted octanol–water partition coefficient (Wildman–Crippen LogP) is 6.14. The molecule has 8 aromatic rings. The summed E-state index contributed by atoms with van der Waals surface area (Å²) in [5.41, 5.74) is 7.49. The maximum absolute atomic E-state index is 16.1. The lowest BCUT2D eigenvalue weighted by Crippen LogP contribution is -2.50. The number of hydrogen-bond donors (Lipinski definition) is 5. The molecule has 3 aliphatic rings. The van der Waals surface area contributed by atoms with E-state index >= 15 is 4.39 Å². The number of carbonyl (C=O) groups is 2. The molecule has 0 unspecified atom stereocenters. The zero-order chi connectivity index (χ0) is 55.1. The number of aliphatic hydroxyl groups excluding tert-OH is 2. The molecule has 4 aromatic carbocycles. The number of β-amino-alcohol motifs (C(OH)–C–C–N with tert-alkyl or cyclic N) is 1. The third-order valence-corrected chi connectivity index (χ3v) is 15.6. The number of aliphatic hydroxyl groups is 2. The van der Waals surface area contributed by atoms with Crippen molar-refractivity contribution in [2.75, 3.05) is 51.9 Å². The molecule has 3 fully saturated rings. The first kappa shape index (κ1) is 53.1. The number of H-pyrrole nitrogens is 1. The van der Waals surface area contributed by atoms with Crippen molar-refractivity contribution < 1.29 is 38.4 Å². The minimum atomic E-state index is -0.995. The second-order valence-electron chi connectivity index (χ2n) is 21.3. The number of ether oxygens (including phenoxy) is 3. The van der Waals surface area contributed by atoms with Gasteiger partial charge in [0.05, 0.1) is 48.5 Å². The Balaban J connectivity index is 0.876. The average Bonchev–Trinajstić information content (AvgIpc) is 4.29. The van der Waals surface area contributed by atoms with Gasteiger partial charge in [0.25, 0.3) is 0 Å². The minimum Gasteiger partial charge on any atom is -0.486 e. The van der Waals surface area contributed by atoms with Gasteiger partial charge in [-0.1, -0.05) is 55.5 Å². The number of aromatic nitrogens is 10. The number of anilines is 1. The number of methoxy groups -OCH3 is 1. The summed E-state index contributed by atoms with van der Waals surface area (Å²) in [5, 5.41) is 49.6. The Kier molecular flexibility index (Phi) is 15.1. The van der Waals surface area contributed by atoms with Gasteiger partial charge in [0, 0.05) is 67.2 Å². The van der Waals surface area contributed by atoms with Crippen molar-refractivity contribution in [1.29, 1.82) is 0 Å². The highest BCUT2D eigenvalue weighted by molar-refractivity contribution is 6.06. The normalized spacial score (nSPS) is 18.6. The number of rotatable bonds is 20. The fraction of sp³-hybridized carbons (Fsp3) is 0.421. The van der Waals surface area contributed by atoms with Gasteiger partial charge in [0.2, 0.25) is 11.8 Å². The number of amides is 2. The van der Waals surface area contributed by atoms with Crippen molar-refractivity contribution in [2.45, 2.75) is 102 Å². The quantitative estimate of drug-likeness (QED) is 0.0575. The van der Waals surface area contributed by atoms with E-state index in [2.05, 4.69) is 59.2 Å². The zero-order valence-electron chi connectivity index (χ0n) is 45.0. The molecule has 79 heavy (non-hydrogen) atoms. The smallest absolute Gasteiger partial charge is 0.319 e. The van der Waals surface area contributed by atoms with Crippen LogP contribution < -0.4 is 25.0 Å². The summed E-state index contributed by atoms with van der Waals surface area (Å²) in [6.45, 7) is 9.04. The second-order valence-corrected chi connectivity index (χ2v) is 21.3. The van der Waals surface area contributed by atoms with Crippen molar-refractivity contribution in [3.63, 3.8) is 0 Å². The molecule has 6 atom stereocenters. The second kappa shape index (κ2) is 22.4. The van der Waals surface area contributed by atoms with Gasteiger partial charge in [-0.25, -0.2) is 18.7 Å². The van der Waals surface area contributed by atoms with E-state index in [0.29, 0.717) is 45.0 Å². The molecule has 2 amide bonds. The molecule has 4 aromatic heterocycles. The number of carbonyl (C=O) groups excluding carboxylic acids is 2. The van der Waals surface area contributed by atoms with Gasteiger partial charge < -0.3 is 44.9 Å². The van der Waals surface area contributed by atoms with E-state index in [1.807, 2.05) is 45.0 Å². The van der Waals surface area contributed by atoms with Gasteiger partial charge in [0.1, 0.15) is 60.8 Å². The first-order chi connectivity index (χ1) is 38.3. The third-order valence-electron chi connectivity index (χ3n) is 15.6. The first-order valence-electron chi connectivity index (χ1n) is 26.9. The molecular formula is C57H65FN14O7. The molecule has 0 spiro atoms. The van der Waals surface area contributed by atoms with Gasteiger partial charge in [-0.3, -0.25) is 14.7 Å². The lowest BCUT2D eigenvalue weighted by Gasteiger charge is -2.30. The highest BCUT2D eigenvalue weighted by atomic mass is 19.1. The van der Waals surface area contributed by atoms with Crippen LogP contribution in [0.5, 0.6) is 11.8 Å². The number of nitrogens with zero attached hydrogens (tertiary/aromatic N) is 11. The number of aromatic amines is 1. The van der Waals surface area contributed by atoms with Crippen LogP contribution in [-0.2, 0) is 20.9 Å². The van der Waals surface area contributed by atoms with Gasteiger partial charge in [0.15, 0.2) is 5.75 Å². The van der Waals surface area contributed by atoms with E-state index in [1.54, 1.807) is 61.7 Å². The summed E-state index contributed by atoms with van der Waals surface area (Å²) < 4.78 is 38.1. The van der Waals surface area contributed by atoms with Crippen LogP contribution in [0.2, 0.25) is 0 Å². The van der Waals surface area contributed by atoms with Crippen LogP contribution in [0.3, 0.4) is 0 Å². The Hall–Kier alpha value is -7.92. The Morgan fingerprint density at radius 2 is 1.80 bits per heavy atom. The molecule has 412 valence electrons. The number of nitrogens with one attached hydrogen (secondary N) is 3. The number of benzene rings is 4. The van der Waals surface area contributed by atoms with Gasteiger partial charge in [-0.15, -0.1) is 5.10 Å². The Bertz CT molecular complexity index is 3470. The van der Waals surface area contributed by atoms with Crippen molar-refractivity contribution in [3.8, 4) is 39.8 Å². The predicted molar refractivity (Wildman–Crippen MR) is 292 cm³/mol. The zero-order valence-corrected chi connectivity index (χ0v) is 45.0. The van der Waals surface area contributed by atoms with Crippen molar-refractivity contribution in [3.05, 3.63) is 114 Å². The average molecular weight is 1080 g/mol. The molecule has 0 radical (unpaired) electrons. The van der Waals surface area contributed by atoms with E-state index in [9.17, 15) is 19.8 Å². The van der Waals surface area contributed by atoms with Crippen LogP contribution in [0, 0.1) is 18.7 Å².